The summed E-state index contributed by atoms with van der Waals surface area (Å²) in [4.78, 5) is 12.6. The highest BCUT2D eigenvalue weighted by atomic mass is 16.3. The second-order valence-corrected chi connectivity index (χ2v) is 4.14. The fourth-order valence-corrected chi connectivity index (χ4v) is 1.83. The number of benzene rings is 1. The Morgan fingerprint density at radius 2 is 2.00 bits per heavy atom. The summed E-state index contributed by atoms with van der Waals surface area (Å²) in [6.45, 7) is 3.36. The Bertz CT molecular complexity index is 352. The van der Waals surface area contributed by atoms with E-state index in [1.165, 1.54) is 0 Å². The molecule has 0 saturated carbocycles. The molecular formula is C12H15NO2. The molecule has 15 heavy (non-hydrogen) atoms. The number of nitrogens with zero attached hydrogens (tertiary/aromatic N) is 1. The lowest BCUT2D eigenvalue weighted by atomic mass is 9.91. The van der Waals surface area contributed by atoms with E-state index >= 15 is 0 Å². The van der Waals surface area contributed by atoms with Crippen molar-refractivity contribution in [2.24, 2.45) is 0 Å². The van der Waals surface area contributed by atoms with Crippen LogP contribution in [0.15, 0.2) is 24.3 Å². The van der Waals surface area contributed by atoms with Crippen LogP contribution in [-0.4, -0.2) is 30.1 Å². The lowest BCUT2D eigenvalue weighted by Gasteiger charge is -2.47. The number of carbonyl (C=O) groups excluding carboxylic acids is 1. The number of anilines is 1. The van der Waals surface area contributed by atoms with E-state index in [1.54, 1.807) is 12.1 Å². The topological polar surface area (TPSA) is 40.5 Å². The highest BCUT2D eigenvalue weighted by Gasteiger charge is 2.39. The molecule has 1 aromatic rings. The molecule has 0 aliphatic carbocycles. The average Bonchev–Trinajstić information content (AvgIpc) is 2.25. The van der Waals surface area contributed by atoms with Crippen LogP contribution in [-0.2, 0) is 0 Å². The molecule has 1 saturated heterocycles. The Morgan fingerprint density at radius 3 is 2.47 bits per heavy atom. The molecule has 0 aromatic heterocycles. The van der Waals surface area contributed by atoms with Gasteiger partial charge in [-0.25, -0.2) is 0 Å². The lowest BCUT2D eigenvalue weighted by Crippen LogP contribution is -2.61. The van der Waals surface area contributed by atoms with Gasteiger partial charge >= 0.3 is 0 Å². The number of aliphatic hydroxyl groups is 1. The van der Waals surface area contributed by atoms with Crippen LogP contribution in [0, 0.1) is 0 Å². The van der Waals surface area contributed by atoms with E-state index in [4.69, 9.17) is 0 Å². The molecule has 0 amide bonds. The standard InChI is InChI=1S/C12H15NO2/c1-2-12(15)8-13(9-12)11-5-3-10(7-14)4-6-11/h3-7,15H,2,8-9H2,1H3. The van der Waals surface area contributed by atoms with Crippen molar-refractivity contribution in [1.29, 1.82) is 0 Å². The smallest absolute Gasteiger partial charge is 0.150 e. The second-order valence-electron chi connectivity index (χ2n) is 4.14. The fraction of sp³-hybridized carbons (Fsp3) is 0.417. The molecule has 0 radical (unpaired) electrons. The number of β-amino-alcohol motifs (C(OH)–C–C–N with tert-alkyl or cyclic N) is 1. The lowest BCUT2D eigenvalue weighted by molar-refractivity contribution is 0.00853. The summed E-state index contributed by atoms with van der Waals surface area (Å²) in [6, 6.07) is 7.43. The van der Waals surface area contributed by atoms with Crippen LogP contribution >= 0.6 is 0 Å². The molecule has 1 aliphatic rings. The van der Waals surface area contributed by atoms with Crippen molar-refractivity contribution in [2.45, 2.75) is 18.9 Å². The van der Waals surface area contributed by atoms with Gasteiger partial charge in [-0.15, -0.1) is 0 Å². The maximum atomic E-state index is 10.5. The van der Waals surface area contributed by atoms with Crippen LogP contribution in [0.5, 0.6) is 0 Å². The molecule has 1 fully saturated rings. The van der Waals surface area contributed by atoms with E-state index in [1.807, 2.05) is 19.1 Å². The summed E-state index contributed by atoms with van der Waals surface area (Å²) in [5.41, 5.74) is 1.24. The fourth-order valence-electron chi connectivity index (χ4n) is 1.83. The van der Waals surface area contributed by atoms with Crippen molar-refractivity contribution < 1.29 is 9.90 Å². The third-order valence-corrected chi connectivity index (χ3v) is 3.02. The number of hydrogen-bond donors (Lipinski definition) is 1. The van der Waals surface area contributed by atoms with Gasteiger partial charge in [0.05, 0.1) is 5.60 Å². The molecule has 1 aromatic carbocycles. The summed E-state index contributed by atoms with van der Waals surface area (Å²) >= 11 is 0. The van der Waals surface area contributed by atoms with Gasteiger partial charge in [0.25, 0.3) is 0 Å². The Kier molecular flexibility index (Phi) is 2.49. The average molecular weight is 205 g/mol. The highest BCUT2D eigenvalue weighted by Crippen LogP contribution is 2.29. The number of hydrogen-bond acceptors (Lipinski definition) is 3. The van der Waals surface area contributed by atoms with Crippen LogP contribution in [0.3, 0.4) is 0 Å². The SMILES string of the molecule is CCC1(O)CN(c2ccc(C=O)cc2)C1. The van der Waals surface area contributed by atoms with Gasteiger partial charge in [0.1, 0.15) is 6.29 Å². The first-order valence-electron chi connectivity index (χ1n) is 5.19. The molecular weight excluding hydrogens is 190 g/mol. The molecule has 0 unspecified atom stereocenters. The van der Waals surface area contributed by atoms with Crippen molar-refractivity contribution >= 4 is 12.0 Å². The van der Waals surface area contributed by atoms with E-state index in [9.17, 15) is 9.90 Å². The molecule has 0 spiro atoms. The van der Waals surface area contributed by atoms with Gasteiger partial charge in [0.2, 0.25) is 0 Å². The summed E-state index contributed by atoms with van der Waals surface area (Å²) in [6.07, 6.45) is 1.62. The number of rotatable bonds is 3. The van der Waals surface area contributed by atoms with E-state index < -0.39 is 5.60 Å². The van der Waals surface area contributed by atoms with Gasteiger partial charge in [-0.1, -0.05) is 6.92 Å². The molecule has 0 bridgehead atoms. The maximum Gasteiger partial charge on any atom is 0.150 e. The third kappa shape index (κ3) is 1.88. The third-order valence-electron chi connectivity index (χ3n) is 3.02. The summed E-state index contributed by atoms with van der Waals surface area (Å²) in [5, 5.41) is 9.85. The van der Waals surface area contributed by atoms with Gasteiger partial charge in [-0.3, -0.25) is 4.79 Å². The van der Waals surface area contributed by atoms with E-state index in [-0.39, 0.29) is 0 Å². The predicted molar refractivity (Wildman–Crippen MR) is 59.3 cm³/mol. The highest BCUT2D eigenvalue weighted by molar-refractivity contribution is 5.75. The first-order chi connectivity index (χ1) is 7.17. The zero-order valence-electron chi connectivity index (χ0n) is 8.81. The molecule has 1 aliphatic heterocycles. The van der Waals surface area contributed by atoms with Crippen molar-refractivity contribution in [3.8, 4) is 0 Å². The van der Waals surface area contributed by atoms with Crippen LogP contribution in [0.4, 0.5) is 5.69 Å². The van der Waals surface area contributed by atoms with Crippen molar-refractivity contribution in [3.05, 3.63) is 29.8 Å². The molecule has 0 atom stereocenters. The Hall–Kier alpha value is -1.35. The van der Waals surface area contributed by atoms with E-state index in [2.05, 4.69) is 4.90 Å². The predicted octanol–water partition coefficient (Wildman–Crippen LogP) is 1.46. The van der Waals surface area contributed by atoms with Crippen molar-refractivity contribution in [3.63, 3.8) is 0 Å². The number of carbonyl (C=O) groups is 1. The first kappa shape index (κ1) is 10.2. The zero-order valence-corrected chi connectivity index (χ0v) is 8.81. The van der Waals surface area contributed by atoms with Crippen LogP contribution in [0.2, 0.25) is 0 Å². The Labute approximate surface area is 89.3 Å². The zero-order chi connectivity index (χ0) is 10.9. The minimum absolute atomic E-state index is 0.511. The van der Waals surface area contributed by atoms with Crippen LogP contribution in [0.25, 0.3) is 0 Å². The van der Waals surface area contributed by atoms with Gasteiger partial charge in [0.15, 0.2) is 0 Å². The summed E-state index contributed by atoms with van der Waals surface area (Å²) in [7, 11) is 0. The molecule has 1 heterocycles. The minimum Gasteiger partial charge on any atom is -0.386 e. The minimum atomic E-state index is -0.511. The summed E-state index contributed by atoms with van der Waals surface area (Å²) in [5.74, 6) is 0. The first-order valence-corrected chi connectivity index (χ1v) is 5.19. The van der Waals surface area contributed by atoms with Gasteiger partial charge in [-0.05, 0) is 30.7 Å². The normalized spacial score (nSPS) is 18.4. The molecule has 3 heteroatoms. The second kappa shape index (κ2) is 3.66. The molecule has 1 N–H and O–H groups in total. The van der Waals surface area contributed by atoms with Crippen molar-refractivity contribution in [2.75, 3.05) is 18.0 Å². The Balaban J connectivity index is 2.04. The Morgan fingerprint density at radius 1 is 1.40 bits per heavy atom. The monoisotopic (exact) mass is 205 g/mol. The summed E-state index contributed by atoms with van der Waals surface area (Å²) < 4.78 is 0. The van der Waals surface area contributed by atoms with Crippen LogP contribution < -0.4 is 4.90 Å². The maximum absolute atomic E-state index is 10.5. The van der Waals surface area contributed by atoms with Gasteiger partial charge < -0.3 is 10.0 Å². The van der Waals surface area contributed by atoms with Crippen LogP contribution in [0.1, 0.15) is 23.7 Å². The van der Waals surface area contributed by atoms with Gasteiger partial charge in [-0.2, -0.15) is 0 Å². The molecule has 3 nitrogen and oxygen atoms in total. The molecule has 2 rings (SSSR count). The largest absolute Gasteiger partial charge is 0.386 e. The van der Waals surface area contributed by atoms with E-state index in [0.717, 1.165) is 18.4 Å². The van der Waals surface area contributed by atoms with Crippen molar-refractivity contribution in [1.82, 2.24) is 0 Å². The van der Waals surface area contributed by atoms with Gasteiger partial charge in [0, 0.05) is 24.3 Å². The van der Waals surface area contributed by atoms with E-state index in [0.29, 0.717) is 18.7 Å². The quantitative estimate of drug-likeness (QED) is 0.759. The molecule has 80 valence electrons. The number of aldehydes is 1.